The largest absolute Gasteiger partial charge is 0.491 e. The van der Waals surface area contributed by atoms with E-state index in [1.54, 1.807) is 18.2 Å². The predicted octanol–water partition coefficient (Wildman–Crippen LogP) is 6.18. The van der Waals surface area contributed by atoms with Crippen molar-refractivity contribution < 1.29 is 13.9 Å². The maximum atomic E-state index is 13.6. The lowest BCUT2D eigenvalue weighted by Gasteiger charge is -2.22. The molecule has 2 N–H and O–H groups in total. The second kappa shape index (κ2) is 12.1. The zero-order chi connectivity index (χ0) is 25.5. The molecule has 1 amide bonds. The number of anilines is 3. The molecular weight excluding hydrogens is 481 g/mol. The zero-order valence-corrected chi connectivity index (χ0v) is 21.3. The lowest BCUT2D eigenvalue weighted by atomic mass is 9.90. The summed E-state index contributed by atoms with van der Waals surface area (Å²) in [5, 5.41) is 6.80. The first-order chi connectivity index (χ1) is 17.4. The Morgan fingerprint density at radius 2 is 2.00 bits per heavy atom. The van der Waals surface area contributed by atoms with Gasteiger partial charge in [-0.05, 0) is 57.1 Å². The summed E-state index contributed by atoms with van der Waals surface area (Å²) in [4.78, 5) is 23.4. The molecule has 9 heteroatoms. The fourth-order valence-corrected chi connectivity index (χ4v) is 4.40. The summed E-state index contributed by atoms with van der Waals surface area (Å²) in [6.45, 7) is 1.24. The van der Waals surface area contributed by atoms with Crippen LogP contribution < -0.4 is 15.4 Å². The summed E-state index contributed by atoms with van der Waals surface area (Å²) in [5.41, 5.74) is 1.77. The predicted molar refractivity (Wildman–Crippen MR) is 143 cm³/mol. The lowest BCUT2D eigenvalue weighted by Crippen LogP contribution is -2.17. The summed E-state index contributed by atoms with van der Waals surface area (Å²) < 4.78 is 19.8. The summed E-state index contributed by atoms with van der Waals surface area (Å²) in [7, 11) is 3.87. The molecule has 2 aromatic carbocycles. The highest BCUT2D eigenvalue weighted by atomic mass is 35.5. The number of hydrogen-bond acceptors (Lipinski definition) is 6. The Bertz CT molecular complexity index is 1240. The highest BCUT2D eigenvalue weighted by Gasteiger charge is 2.17. The molecule has 0 bridgehead atoms. The summed E-state index contributed by atoms with van der Waals surface area (Å²) >= 11 is 5.94. The van der Waals surface area contributed by atoms with Gasteiger partial charge in [0.15, 0.2) is 0 Å². The number of amides is 1. The Morgan fingerprint density at radius 3 is 2.75 bits per heavy atom. The summed E-state index contributed by atoms with van der Waals surface area (Å²) in [6, 6.07) is 7.98. The van der Waals surface area contributed by atoms with Gasteiger partial charge in [0, 0.05) is 29.8 Å². The average Bonchev–Trinajstić information content (AvgIpc) is 2.86. The van der Waals surface area contributed by atoms with Crippen LogP contribution in [0.15, 0.2) is 48.8 Å². The number of nitrogens with one attached hydrogen (secondary N) is 2. The van der Waals surface area contributed by atoms with Crippen LogP contribution in [0, 0.1) is 11.7 Å². The molecule has 0 radical (unpaired) electrons. The normalized spacial score (nSPS) is 14.5. The van der Waals surface area contributed by atoms with Gasteiger partial charge in [-0.1, -0.05) is 36.9 Å². The first kappa shape index (κ1) is 25.9. The van der Waals surface area contributed by atoms with Crippen molar-refractivity contribution in [2.24, 2.45) is 5.92 Å². The number of hydrogen-bond donors (Lipinski definition) is 2. The number of aromatic nitrogens is 2. The van der Waals surface area contributed by atoms with Crippen LogP contribution in [0.5, 0.6) is 5.75 Å². The Morgan fingerprint density at radius 1 is 1.19 bits per heavy atom. The van der Waals surface area contributed by atoms with Crippen molar-refractivity contribution in [3.8, 4) is 5.75 Å². The molecule has 0 aliphatic heterocycles. The number of carbonyl (C=O) groups is 1. The van der Waals surface area contributed by atoms with E-state index in [2.05, 4.69) is 20.6 Å². The SMILES string of the molecule is CN(C)C/C=C/C(=O)Nc1cc2c(Nc3ccc(F)c(Cl)c3)ncnc2cc1OCC1CCCCC1. The number of fused-ring (bicyclic) bond motifs is 1. The Balaban J connectivity index is 1.64. The van der Waals surface area contributed by atoms with Crippen LogP contribution in [0.2, 0.25) is 5.02 Å². The second-order valence-corrected chi connectivity index (χ2v) is 9.72. The molecule has 1 aliphatic rings. The van der Waals surface area contributed by atoms with Gasteiger partial charge in [-0.25, -0.2) is 14.4 Å². The van der Waals surface area contributed by atoms with Crippen molar-refractivity contribution in [3.05, 3.63) is 59.7 Å². The van der Waals surface area contributed by atoms with Crippen LogP contribution in [0.1, 0.15) is 32.1 Å². The quantitative estimate of drug-likeness (QED) is 0.334. The minimum Gasteiger partial charge on any atom is -0.491 e. The third-order valence-electron chi connectivity index (χ3n) is 6.12. The van der Waals surface area contributed by atoms with Crippen molar-refractivity contribution >= 4 is 45.6 Å². The lowest BCUT2D eigenvalue weighted by molar-refractivity contribution is -0.111. The van der Waals surface area contributed by atoms with E-state index in [1.807, 2.05) is 25.1 Å². The van der Waals surface area contributed by atoms with Crippen LogP contribution in [-0.2, 0) is 4.79 Å². The Labute approximate surface area is 215 Å². The molecule has 7 nitrogen and oxygen atoms in total. The van der Waals surface area contributed by atoms with Gasteiger partial charge >= 0.3 is 0 Å². The van der Waals surface area contributed by atoms with Crippen molar-refractivity contribution in [3.63, 3.8) is 0 Å². The maximum absolute atomic E-state index is 13.6. The molecule has 36 heavy (non-hydrogen) atoms. The van der Waals surface area contributed by atoms with Crippen molar-refractivity contribution in [1.29, 1.82) is 0 Å². The van der Waals surface area contributed by atoms with E-state index in [-0.39, 0.29) is 10.9 Å². The van der Waals surface area contributed by atoms with Crippen LogP contribution in [0.25, 0.3) is 10.9 Å². The monoisotopic (exact) mass is 511 g/mol. The molecule has 190 valence electrons. The van der Waals surface area contributed by atoms with Crippen LogP contribution in [0.3, 0.4) is 0 Å². The van der Waals surface area contributed by atoms with Crippen molar-refractivity contribution in [1.82, 2.24) is 14.9 Å². The molecule has 1 aromatic heterocycles. The van der Waals surface area contributed by atoms with Gasteiger partial charge in [0.2, 0.25) is 5.91 Å². The fraction of sp³-hybridized carbons (Fsp3) is 0.370. The fourth-order valence-electron chi connectivity index (χ4n) is 4.22. The smallest absolute Gasteiger partial charge is 0.248 e. The molecule has 1 aliphatic carbocycles. The highest BCUT2D eigenvalue weighted by Crippen LogP contribution is 2.35. The van der Waals surface area contributed by atoms with Crippen LogP contribution in [-0.4, -0.2) is 48.0 Å². The number of nitrogens with zero attached hydrogens (tertiary/aromatic N) is 3. The first-order valence-corrected chi connectivity index (χ1v) is 12.5. The molecule has 0 spiro atoms. The number of ether oxygens (including phenoxy) is 1. The van der Waals surface area contributed by atoms with E-state index in [0.29, 0.717) is 52.9 Å². The Hall–Kier alpha value is -3.23. The van der Waals surface area contributed by atoms with Gasteiger partial charge in [0.1, 0.15) is 23.7 Å². The maximum Gasteiger partial charge on any atom is 0.248 e. The van der Waals surface area contributed by atoms with E-state index >= 15 is 0 Å². The van der Waals surface area contributed by atoms with Crippen LogP contribution in [0.4, 0.5) is 21.6 Å². The first-order valence-electron chi connectivity index (χ1n) is 12.1. The zero-order valence-electron chi connectivity index (χ0n) is 20.6. The molecule has 3 aromatic rings. The number of carbonyl (C=O) groups excluding carboxylic acids is 1. The molecular formula is C27H31ClFN5O2. The summed E-state index contributed by atoms with van der Waals surface area (Å²) in [6.07, 6.45) is 10.8. The Kier molecular flexibility index (Phi) is 8.72. The number of halogens is 2. The van der Waals surface area contributed by atoms with E-state index in [9.17, 15) is 9.18 Å². The average molecular weight is 512 g/mol. The van der Waals surface area contributed by atoms with Gasteiger partial charge in [-0.2, -0.15) is 0 Å². The van der Waals surface area contributed by atoms with Gasteiger partial charge in [-0.15, -0.1) is 0 Å². The van der Waals surface area contributed by atoms with Gasteiger partial charge in [0.05, 0.1) is 22.8 Å². The van der Waals surface area contributed by atoms with E-state index in [0.717, 1.165) is 12.8 Å². The van der Waals surface area contributed by atoms with Gasteiger partial charge in [0.25, 0.3) is 0 Å². The minimum absolute atomic E-state index is 0.00854. The molecule has 0 atom stereocenters. The number of rotatable bonds is 9. The minimum atomic E-state index is -0.498. The topological polar surface area (TPSA) is 79.4 Å². The molecule has 0 saturated heterocycles. The van der Waals surface area contributed by atoms with Crippen molar-refractivity contribution in [2.45, 2.75) is 32.1 Å². The van der Waals surface area contributed by atoms with Gasteiger partial charge < -0.3 is 20.3 Å². The van der Waals surface area contributed by atoms with Crippen molar-refractivity contribution in [2.75, 3.05) is 37.9 Å². The van der Waals surface area contributed by atoms with E-state index < -0.39 is 5.82 Å². The molecule has 4 rings (SSSR count). The van der Waals surface area contributed by atoms with Crippen LogP contribution >= 0.6 is 11.6 Å². The number of likely N-dealkylation sites (N-methyl/N-ethyl adjacent to an activating group) is 1. The molecule has 1 fully saturated rings. The standard InChI is InChI=1S/C27H31ClFN5O2/c1-34(2)12-6-9-26(35)33-24-14-20-23(15-25(24)36-16-18-7-4-3-5-8-18)30-17-31-27(20)32-19-10-11-22(29)21(28)13-19/h6,9-11,13-15,17-18H,3-5,7-8,12,16H2,1-2H3,(H,33,35)(H,30,31,32)/b9-6+. The molecule has 1 heterocycles. The highest BCUT2D eigenvalue weighted by molar-refractivity contribution is 6.31. The van der Waals surface area contributed by atoms with Gasteiger partial charge in [-0.3, -0.25) is 4.79 Å². The molecule has 1 saturated carbocycles. The van der Waals surface area contributed by atoms with E-state index in [1.165, 1.54) is 43.8 Å². The molecule has 0 unspecified atom stereocenters. The third kappa shape index (κ3) is 6.92. The van der Waals surface area contributed by atoms with E-state index in [4.69, 9.17) is 16.3 Å². The third-order valence-corrected chi connectivity index (χ3v) is 6.41. The second-order valence-electron chi connectivity index (χ2n) is 9.31. The summed E-state index contributed by atoms with van der Waals surface area (Å²) in [5.74, 6) is 0.818. The number of benzene rings is 2.